The maximum absolute atomic E-state index is 13.4. The number of nitroso groups, excluding NO2 is 1. The molecule has 2 aromatic rings. The molecule has 1 unspecified atom stereocenters. The van der Waals surface area contributed by atoms with E-state index in [2.05, 4.69) is 5.18 Å². The van der Waals surface area contributed by atoms with Crippen LogP contribution in [0.5, 0.6) is 5.75 Å². The number of rotatable bonds is 3. The van der Waals surface area contributed by atoms with Crippen LogP contribution in [0, 0.1) is 10.7 Å². The largest absolute Gasteiger partial charge is 0.507 e. The molecule has 0 bridgehead atoms. The van der Waals surface area contributed by atoms with Gasteiger partial charge in [0.15, 0.2) is 0 Å². The van der Waals surface area contributed by atoms with E-state index in [0.29, 0.717) is 6.54 Å². The number of phenols is 1. The monoisotopic (exact) mass is 314 g/mol. The Hall–Kier alpha value is -2.76. The third-order valence-corrected chi connectivity index (χ3v) is 4.06. The molecule has 5 nitrogen and oxygen atoms in total. The standard InChI is InChI=1S/C17H15FN2O3/c18-12-4-1-3-11(9-12)15-5-2-8-20(15)17(22)14-7-6-13(19-23)10-16(14)21/h1,3-4,6-7,9-10,15,21H,2,5,8H2. The van der Waals surface area contributed by atoms with E-state index in [0.717, 1.165) is 24.5 Å². The first-order valence-electron chi connectivity index (χ1n) is 7.33. The van der Waals surface area contributed by atoms with Crippen LogP contribution in [-0.2, 0) is 0 Å². The van der Waals surface area contributed by atoms with Gasteiger partial charge in [0.2, 0.25) is 0 Å². The quantitative estimate of drug-likeness (QED) is 0.873. The normalized spacial score (nSPS) is 17.3. The molecule has 1 N–H and O–H groups in total. The molecule has 2 aromatic carbocycles. The van der Waals surface area contributed by atoms with E-state index in [-0.39, 0.29) is 34.8 Å². The second-order valence-corrected chi connectivity index (χ2v) is 5.50. The van der Waals surface area contributed by atoms with Gasteiger partial charge in [0.1, 0.15) is 17.3 Å². The maximum Gasteiger partial charge on any atom is 0.258 e. The number of halogens is 1. The van der Waals surface area contributed by atoms with Crippen molar-refractivity contribution in [1.29, 1.82) is 0 Å². The molecule has 1 saturated heterocycles. The first-order valence-corrected chi connectivity index (χ1v) is 7.33. The van der Waals surface area contributed by atoms with E-state index in [1.165, 1.54) is 24.3 Å². The van der Waals surface area contributed by atoms with E-state index in [1.807, 2.05) is 0 Å². The third kappa shape index (κ3) is 2.92. The van der Waals surface area contributed by atoms with Gasteiger partial charge < -0.3 is 10.0 Å². The van der Waals surface area contributed by atoms with Crippen LogP contribution >= 0.6 is 0 Å². The Morgan fingerprint density at radius 3 is 2.78 bits per heavy atom. The van der Waals surface area contributed by atoms with Gasteiger partial charge in [-0.1, -0.05) is 12.1 Å². The van der Waals surface area contributed by atoms with Gasteiger partial charge in [-0.3, -0.25) is 4.79 Å². The van der Waals surface area contributed by atoms with Crippen LogP contribution in [0.4, 0.5) is 10.1 Å². The molecule has 6 heteroatoms. The molecule has 1 fully saturated rings. The SMILES string of the molecule is O=Nc1ccc(C(=O)N2CCCC2c2cccc(F)c2)c(O)c1. The fraction of sp³-hybridized carbons (Fsp3) is 0.235. The lowest BCUT2D eigenvalue weighted by Gasteiger charge is -2.25. The van der Waals surface area contributed by atoms with Crippen molar-refractivity contribution in [2.75, 3.05) is 6.54 Å². The van der Waals surface area contributed by atoms with Crippen molar-refractivity contribution < 1.29 is 14.3 Å². The lowest BCUT2D eigenvalue weighted by molar-refractivity contribution is 0.0732. The van der Waals surface area contributed by atoms with Crippen LogP contribution in [0.25, 0.3) is 0 Å². The van der Waals surface area contributed by atoms with Crippen molar-refractivity contribution in [3.05, 3.63) is 64.3 Å². The molecule has 0 aliphatic carbocycles. The number of amides is 1. The molecule has 0 spiro atoms. The molecule has 1 atom stereocenters. The molecule has 118 valence electrons. The van der Waals surface area contributed by atoms with Crippen molar-refractivity contribution in [2.24, 2.45) is 5.18 Å². The Balaban J connectivity index is 1.90. The number of hydrogen-bond acceptors (Lipinski definition) is 4. The summed E-state index contributed by atoms with van der Waals surface area (Å²) in [4.78, 5) is 24.8. The minimum absolute atomic E-state index is 0.0575. The van der Waals surface area contributed by atoms with Crippen LogP contribution < -0.4 is 0 Å². The number of benzene rings is 2. The highest BCUT2D eigenvalue weighted by Gasteiger charge is 2.31. The number of likely N-dealkylation sites (tertiary alicyclic amines) is 1. The highest BCUT2D eigenvalue weighted by molar-refractivity contribution is 5.97. The molecule has 1 aliphatic rings. The van der Waals surface area contributed by atoms with Gasteiger partial charge in [-0.05, 0) is 47.8 Å². The number of carbonyl (C=O) groups is 1. The summed E-state index contributed by atoms with van der Waals surface area (Å²) in [6.45, 7) is 0.535. The molecule has 23 heavy (non-hydrogen) atoms. The van der Waals surface area contributed by atoms with Crippen molar-refractivity contribution >= 4 is 11.6 Å². The molecule has 0 aromatic heterocycles. The van der Waals surface area contributed by atoms with Crippen LogP contribution in [0.3, 0.4) is 0 Å². The van der Waals surface area contributed by atoms with Gasteiger partial charge in [0, 0.05) is 12.6 Å². The maximum atomic E-state index is 13.4. The number of aromatic hydroxyl groups is 1. The summed E-state index contributed by atoms with van der Waals surface area (Å²) in [7, 11) is 0. The van der Waals surface area contributed by atoms with Crippen LogP contribution in [0.15, 0.2) is 47.6 Å². The summed E-state index contributed by atoms with van der Waals surface area (Å²) >= 11 is 0. The smallest absolute Gasteiger partial charge is 0.258 e. The summed E-state index contributed by atoms with van der Waals surface area (Å²) in [5, 5.41) is 12.7. The highest BCUT2D eigenvalue weighted by Crippen LogP contribution is 2.35. The van der Waals surface area contributed by atoms with Gasteiger partial charge in [-0.2, -0.15) is 0 Å². The van der Waals surface area contributed by atoms with Crippen molar-refractivity contribution in [3.8, 4) is 5.75 Å². The lowest BCUT2D eigenvalue weighted by Crippen LogP contribution is -2.30. The third-order valence-electron chi connectivity index (χ3n) is 4.06. The number of carbonyl (C=O) groups excluding carboxylic acids is 1. The summed E-state index contributed by atoms with van der Waals surface area (Å²) < 4.78 is 13.4. The Kier molecular flexibility index (Phi) is 4.06. The minimum atomic E-state index is -0.342. The number of hydrogen-bond donors (Lipinski definition) is 1. The molecule has 0 saturated carbocycles. The summed E-state index contributed by atoms with van der Waals surface area (Å²) in [5.74, 6) is -0.963. The predicted octanol–water partition coefficient (Wildman–Crippen LogP) is 3.91. The fourth-order valence-electron chi connectivity index (χ4n) is 2.98. The predicted molar refractivity (Wildman–Crippen MR) is 83.0 cm³/mol. The van der Waals surface area contributed by atoms with Gasteiger partial charge in [-0.15, -0.1) is 4.91 Å². The van der Waals surface area contributed by atoms with Gasteiger partial charge in [0.25, 0.3) is 5.91 Å². The molecule has 1 aliphatic heterocycles. The molecule has 3 rings (SSSR count). The average Bonchev–Trinajstić information content (AvgIpc) is 3.03. The zero-order valence-corrected chi connectivity index (χ0v) is 12.3. The van der Waals surface area contributed by atoms with E-state index < -0.39 is 0 Å². The van der Waals surface area contributed by atoms with Crippen molar-refractivity contribution in [2.45, 2.75) is 18.9 Å². The lowest BCUT2D eigenvalue weighted by atomic mass is 10.0. The topological polar surface area (TPSA) is 70.0 Å². The molecular formula is C17H15FN2O3. The Labute approximate surface area is 132 Å². The zero-order valence-electron chi connectivity index (χ0n) is 12.3. The van der Waals surface area contributed by atoms with E-state index >= 15 is 0 Å². The van der Waals surface area contributed by atoms with Crippen LogP contribution in [-0.4, -0.2) is 22.5 Å². The first kappa shape index (κ1) is 15.1. The number of nitrogens with zero attached hydrogens (tertiary/aromatic N) is 2. The molecular weight excluding hydrogens is 299 g/mol. The molecule has 0 radical (unpaired) electrons. The summed E-state index contributed by atoms with van der Waals surface area (Å²) in [6.07, 6.45) is 1.55. The van der Waals surface area contributed by atoms with Crippen LogP contribution in [0.2, 0.25) is 0 Å². The Bertz CT molecular complexity index is 763. The number of phenolic OH excluding ortho intramolecular Hbond substituents is 1. The van der Waals surface area contributed by atoms with Crippen molar-refractivity contribution in [3.63, 3.8) is 0 Å². The van der Waals surface area contributed by atoms with Crippen molar-refractivity contribution in [1.82, 2.24) is 4.90 Å². The Morgan fingerprint density at radius 2 is 2.09 bits per heavy atom. The van der Waals surface area contributed by atoms with E-state index in [4.69, 9.17) is 0 Å². The van der Waals surface area contributed by atoms with Crippen LogP contribution in [0.1, 0.15) is 34.8 Å². The fourth-order valence-corrected chi connectivity index (χ4v) is 2.98. The van der Waals surface area contributed by atoms with Gasteiger partial charge >= 0.3 is 0 Å². The van der Waals surface area contributed by atoms with Gasteiger partial charge in [0.05, 0.1) is 11.6 Å². The van der Waals surface area contributed by atoms with E-state index in [9.17, 15) is 19.2 Å². The second-order valence-electron chi connectivity index (χ2n) is 5.50. The minimum Gasteiger partial charge on any atom is -0.507 e. The molecule has 1 amide bonds. The average molecular weight is 314 g/mol. The van der Waals surface area contributed by atoms with Gasteiger partial charge in [-0.25, -0.2) is 4.39 Å². The summed E-state index contributed by atoms with van der Waals surface area (Å²) in [5.41, 5.74) is 0.907. The first-order chi connectivity index (χ1) is 11.1. The molecule has 1 heterocycles. The summed E-state index contributed by atoms with van der Waals surface area (Å²) in [6, 6.07) is 9.90. The second kappa shape index (κ2) is 6.16. The highest BCUT2D eigenvalue weighted by atomic mass is 19.1. The zero-order chi connectivity index (χ0) is 16.4. The Morgan fingerprint density at radius 1 is 1.26 bits per heavy atom. The van der Waals surface area contributed by atoms with E-state index in [1.54, 1.807) is 17.0 Å².